The van der Waals surface area contributed by atoms with Gasteiger partial charge in [0.05, 0.1) is 5.56 Å². The number of anilines is 1. The summed E-state index contributed by atoms with van der Waals surface area (Å²) in [4.78, 5) is 26.4. The number of primary amides is 1. The van der Waals surface area contributed by atoms with Crippen LogP contribution in [-0.4, -0.2) is 16.4 Å². The van der Waals surface area contributed by atoms with E-state index in [4.69, 9.17) is 5.73 Å². The minimum atomic E-state index is -0.550. The molecule has 2 aromatic heterocycles. The number of rotatable bonds is 6. The molecule has 0 radical (unpaired) electrons. The lowest BCUT2D eigenvalue weighted by atomic mass is 9.95. The number of nitrogens with two attached hydrogens (primary N) is 1. The van der Waals surface area contributed by atoms with Gasteiger partial charge in [-0.05, 0) is 49.0 Å². The summed E-state index contributed by atoms with van der Waals surface area (Å²) in [7, 11) is 0. The normalized spacial score (nSPS) is 13.3. The van der Waals surface area contributed by atoms with Crippen molar-refractivity contribution in [2.75, 3.05) is 5.32 Å². The summed E-state index contributed by atoms with van der Waals surface area (Å²) < 4.78 is 2.11. The zero-order valence-corrected chi connectivity index (χ0v) is 19.9. The number of hydrogen-bond donors (Lipinski definition) is 2. The number of nitrogens with zero attached hydrogens (tertiary/aromatic N) is 2. The summed E-state index contributed by atoms with van der Waals surface area (Å²) in [6, 6.07) is 20.1. The van der Waals surface area contributed by atoms with Gasteiger partial charge in [0.1, 0.15) is 16.6 Å². The molecular weight excluding hydrogens is 456 g/mol. The fourth-order valence-corrected chi connectivity index (χ4v) is 5.98. The third-order valence-corrected chi connectivity index (χ3v) is 7.53. The molecule has 0 spiro atoms. The van der Waals surface area contributed by atoms with Crippen LogP contribution in [0.5, 0.6) is 0 Å². The molecule has 7 heteroatoms. The molecule has 2 heterocycles. The van der Waals surface area contributed by atoms with Crippen LogP contribution in [0.25, 0.3) is 17.0 Å². The topological polar surface area (TPSA) is 101 Å². The molecule has 2 aromatic carbocycles. The lowest BCUT2D eigenvalue weighted by Crippen LogP contribution is -2.19. The van der Waals surface area contributed by atoms with Gasteiger partial charge in [-0.3, -0.25) is 9.59 Å². The predicted molar refractivity (Wildman–Crippen MR) is 139 cm³/mol. The molecule has 0 fully saturated rings. The highest BCUT2D eigenvalue weighted by Crippen LogP contribution is 2.38. The SMILES string of the molecule is N#C/C(=C/c1cn(Cc2ccccc2)c2ccccc12)C(=O)Nc1sc2c(c1C(N)=O)CCCC2. The number of aromatic nitrogens is 1. The first-order chi connectivity index (χ1) is 17.0. The van der Waals surface area contributed by atoms with E-state index in [9.17, 15) is 14.9 Å². The van der Waals surface area contributed by atoms with Gasteiger partial charge in [-0.15, -0.1) is 11.3 Å². The molecular formula is C28H24N4O2S. The molecule has 0 saturated carbocycles. The smallest absolute Gasteiger partial charge is 0.266 e. The molecule has 0 unspecified atom stereocenters. The number of fused-ring (bicyclic) bond motifs is 2. The summed E-state index contributed by atoms with van der Waals surface area (Å²) >= 11 is 1.39. The molecule has 5 rings (SSSR count). The molecule has 1 aliphatic rings. The van der Waals surface area contributed by atoms with Crippen molar-refractivity contribution in [2.45, 2.75) is 32.2 Å². The Balaban J connectivity index is 1.48. The van der Waals surface area contributed by atoms with Crippen LogP contribution in [0, 0.1) is 11.3 Å². The van der Waals surface area contributed by atoms with Crippen LogP contribution in [0.3, 0.4) is 0 Å². The zero-order chi connectivity index (χ0) is 24.4. The lowest BCUT2D eigenvalue weighted by molar-refractivity contribution is -0.112. The molecule has 0 atom stereocenters. The fraction of sp³-hybridized carbons (Fsp3) is 0.179. The van der Waals surface area contributed by atoms with Crippen LogP contribution in [-0.2, 0) is 24.2 Å². The van der Waals surface area contributed by atoms with Gasteiger partial charge in [-0.2, -0.15) is 5.26 Å². The van der Waals surface area contributed by atoms with Gasteiger partial charge < -0.3 is 15.6 Å². The van der Waals surface area contributed by atoms with E-state index in [0.29, 0.717) is 17.1 Å². The molecule has 0 bridgehead atoms. The monoisotopic (exact) mass is 480 g/mol. The first-order valence-electron chi connectivity index (χ1n) is 11.5. The van der Waals surface area contributed by atoms with Gasteiger partial charge in [0, 0.05) is 34.1 Å². The van der Waals surface area contributed by atoms with Crippen molar-refractivity contribution in [3.63, 3.8) is 0 Å². The highest BCUT2D eigenvalue weighted by molar-refractivity contribution is 7.17. The van der Waals surface area contributed by atoms with Gasteiger partial charge in [0.25, 0.3) is 11.8 Å². The van der Waals surface area contributed by atoms with E-state index in [0.717, 1.165) is 58.2 Å². The van der Waals surface area contributed by atoms with Crippen LogP contribution >= 0.6 is 11.3 Å². The fourth-order valence-electron chi connectivity index (χ4n) is 4.69. The average molecular weight is 481 g/mol. The van der Waals surface area contributed by atoms with E-state index >= 15 is 0 Å². The van der Waals surface area contributed by atoms with Gasteiger partial charge in [-0.25, -0.2) is 0 Å². The van der Waals surface area contributed by atoms with Crippen molar-refractivity contribution in [1.82, 2.24) is 4.57 Å². The standard InChI is InChI=1S/C28H24N4O2S/c29-15-19(27(34)31-28-25(26(30)33)22-11-5-7-13-24(22)35-28)14-20-17-32(16-18-8-2-1-3-9-18)23-12-6-4-10-21(20)23/h1-4,6,8-10,12,14,17H,5,7,11,13,16H2,(H2,30,33)(H,31,34)/b19-14-. The second kappa shape index (κ2) is 9.61. The van der Waals surface area contributed by atoms with Crippen molar-refractivity contribution in [3.8, 4) is 6.07 Å². The maximum atomic E-state index is 13.1. The molecule has 35 heavy (non-hydrogen) atoms. The number of hydrogen-bond acceptors (Lipinski definition) is 4. The Bertz CT molecular complexity index is 1510. The van der Waals surface area contributed by atoms with Crippen molar-refractivity contribution in [3.05, 3.63) is 93.5 Å². The average Bonchev–Trinajstić information content (AvgIpc) is 3.41. The molecule has 0 aliphatic heterocycles. The maximum Gasteiger partial charge on any atom is 0.266 e. The Morgan fingerprint density at radius 3 is 2.60 bits per heavy atom. The van der Waals surface area contributed by atoms with Crippen LogP contribution in [0.1, 0.15) is 44.8 Å². The summed E-state index contributed by atoms with van der Waals surface area (Å²) in [6.07, 6.45) is 7.26. The van der Waals surface area contributed by atoms with Crippen LogP contribution in [0.2, 0.25) is 0 Å². The molecule has 1 aliphatic carbocycles. The molecule has 6 nitrogen and oxygen atoms in total. The molecule has 0 saturated heterocycles. The van der Waals surface area contributed by atoms with E-state index in [2.05, 4.69) is 22.0 Å². The number of carbonyl (C=O) groups excluding carboxylic acids is 2. The third-order valence-electron chi connectivity index (χ3n) is 6.32. The lowest BCUT2D eigenvalue weighted by Gasteiger charge is -2.11. The molecule has 3 N–H and O–H groups in total. The Kier molecular flexibility index (Phi) is 6.21. The maximum absolute atomic E-state index is 13.1. The number of carbonyl (C=O) groups is 2. The largest absolute Gasteiger partial charge is 0.365 e. The quantitative estimate of drug-likeness (QED) is 0.290. The Morgan fingerprint density at radius 2 is 1.83 bits per heavy atom. The summed E-state index contributed by atoms with van der Waals surface area (Å²) in [5, 5.41) is 14.0. The van der Waals surface area contributed by atoms with Crippen LogP contribution < -0.4 is 11.1 Å². The number of benzene rings is 2. The van der Waals surface area contributed by atoms with Crippen molar-refractivity contribution >= 4 is 45.1 Å². The molecule has 4 aromatic rings. The van der Waals surface area contributed by atoms with Crippen molar-refractivity contribution in [1.29, 1.82) is 5.26 Å². The van der Waals surface area contributed by atoms with E-state index in [-0.39, 0.29) is 5.57 Å². The minimum absolute atomic E-state index is 0.0330. The molecule has 2 amide bonds. The number of para-hydroxylation sites is 1. The minimum Gasteiger partial charge on any atom is -0.365 e. The van der Waals surface area contributed by atoms with Gasteiger partial charge >= 0.3 is 0 Å². The van der Waals surface area contributed by atoms with E-state index < -0.39 is 11.8 Å². The molecule has 174 valence electrons. The second-order valence-corrected chi connectivity index (χ2v) is 9.72. The van der Waals surface area contributed by atoms with Gasteiger partial charge in [-0.1, -0.05) is 48.5 Å². The highest BCUT2D eigenvalue weighted by atomic mass is 32.1. The number of nitriles is 1. The van der Waals surface area contributed by atoms with E-state index in [1.807, 2.05) is 54.7 Å². The first kappa shape index (κ1) is 22.6. The highest BCUT2D eigenvalue weighted by Gasteiger charge is 2.25. The van der Waals surface area contributed by atoms with Crippen molar-refractivity contribution < 1.29 is 9.59 Å². The second-order valence-electron chi connectivity index (χ2n) is 8.62. The van der Waals surface area contributed by atoms with Gasteiger partial charge in [0.2, 0.25) is 0 Å². The van der Waals surface area contributed by atoms with Crippen LogP contribution in [0.4, 0.5) is 5.00 Å². The Hall–Kier alpha value is -4.15. The van der Waals surface area contributed by atoms with Crippen molar-refractivity contribution in [2.24, 2.45) is 5.73 Å². The first-order valence-corrected chi connectivity index (χ1v) is 12.4. The number of thiophene rings is 1. The summed E-state index contributed by atoms with van der Waals surface area (Å²) in [5.74, 6) is -1.10. The van der Waals surface area contributed by atoms with E-state index in [1.54, 1.807) is 6.08 Å². The van der Waals surface area contributed by atoms with E-state index in [1.165, 1.54) is 11.3 Å². The number of aryl methyl sites for hydroxylation is 1. The predicted octanol–water partition coefficient (Wildman–Crippen LogP) is 5.27. The number of amides is 2. The number of nitrogens with one attached hydrogen (secondary N) is 1. The summed E-state index contributed by atoms with van der Waals surface area (Å²) in [6.45, 7) is 0.673. The zero-order valence-electron chi connectivity index (χ0n) is 19.1. The van der Waals surface area contributed by atoms with Gasteiger partial charge in [0.15, 0.2) is 0 Å². The Morgan fingerprint density at radius 1 is 1.09 bits per heavy atom. The van der Waals surface area contributed by atoms with Crippen LogP contribution in [0.15, 0.2) is 66.4 Å². The summed E-state index contributed by atoms with van der Waals surface area (Å²) in [5.41, 5.74) is 9.90. The Labute approximate surface area is 207 Å². The third kappa shape index (κ3) is 4.48.